The Balaban J connectivity index is 0.00000392. The monoisotopic (exact) mass is 502 g/mol. The Bertz CT molecular complexity index is 578. The van der Waals surface area contributed by atoms with E-state index in [1.54, 1.807) is 0 Å². The highest BCUT2D eigenvalue weighted by atomic mass is 127. The van der Waals surface area contributed by atoms with Gasteiger partial charge < -0.3 is 20.3 Å². The first-order valence-corrected chi connectivity index (χ1v) is 10.6. The second-order valence-corrected chi connectivity index (χ2v) is 7.55. The number of guanidine groups is 1. The number of hydrogen-bond donors (Lipinski definition) is 2. The third-order valence-corrected chi connectivity index (χ3v) is 4.84. The molecule has 160 valence electrons. The van der Waals surface area contributed by atoms with Gasteiger partial charge in [0, 0.05) is 26.1 Å². The van der Waals surface area contributed by atoms with Crippen molar-refractivity contribution in [2.75, 3.05) is 46.9 Å². The quantitative estimate of drug-likeness (QED) is 0.197. The molecule has 6 heteroatoms. The molecule has 0 spiro atoms. The topological polar surface area (TPSA) is 48.9 Å². The molecule has 2 rings (SSSR count). The minimum Gasteiger partial charge on any atom is -0.493 e. The van der Waals surface area contributed by atoms with Gasteiger partial charge in [-0.25, -0.2) is 0 Å². The fourth-order valence-electron chi connectivity index (χ4n) is 3.32. The molecule has 0 saturated carbocycles. The maximum Gasteiger partial charge on any atom is 0.191 e. The second-order valence-electron chi connectivity index (χ2n) is 7.55. The van der Waals surface area contributed by atoms with Crippen LogP contribution in [0.25, 0.3) is 0 Å². The number of nitrogens with zero attached hydrogens (tertiary/aromatic N) is 2. The molecule has 2 N–H and O–H groups in total. The van der Waals surface area contributed by atoms with Gasteiger partial charge in [-0.15, -0.1) is 24.0 Å². The first-order chi connectivity index (χ1) is 13.2. The third kappa shape index (κ3) is 9.96. The zero-order valence-electron chi connectivity index (χ0n) is 17.9. The Labute approximate surface area is 188 Å². The third-order valence-electron chi connectivity index (χ3n) is 4.84. The zero-order valence-corrected chi connectivity index (χ0v) is 20.3. The van der Waals surface area contributed by atoms with E-state index in [9.17, 15) is 0 Å². The number of unbranched alkanes of at least 4 members (excludes halogenated alkanes) is 4. The molecule has 0 saturated heterocycles. The Kier molecular flexibility index (Phi) is 13.3. The average molecular weight is 502 g/mol. The van der Waals surface area contributed by atoms with Crippen molar-refractivity contribution in [3.05, 3.63) is 29.3 Å². The van der Waals surface area contributed by atoms with Crippen molar-refractivity contribution in [2.24, 2.45) is 4.99 Å². The maximum atomic E-state index is 5.58. The van der Waals surface area contributed by atoms with Crippen LogP contribution in [0.2, 0.25) is 0 Å². The Morgan fingerprint density at radius 2 is 1.89 bits per heavy atom. The standard InChI is InChI=1S/C22H38N4O.HI/c1-4-23-22(24-14-8-6-5-7-9-16-26(2)3)25-15-12-19-10-11-21-20(18-19)13-17-27-21;/h10-11,18H,4-9,12-17H2,1-3H3,(H2,23,24,25);1H. The number of nitrogens with one attached hydrogen (secondary N) is 2. The van der Waals surface area contributed by atoms with E-state index in [1.165, 1.54) is 49.8 Å². The van der Waals surface area contributed by atoms with Crippen molar-refractivity contribution < 1.29 is 4.74 Å². The predicted octanol–water partition coefficient (Wildman–Crippen LogP) is 3.85. The highest BCUT2D eigenvalue weighted by Gasteiger charge is 2.11. The fourth-order valence-corrected chi connectivity index (χ4v) is 3.32. The SMILES string of the molecule is CCNC(=NCCCCCCCN(C)C)NCCc1ccc2c(c1)CCO2.I. The number of halogens is 1. The summed E-state index contributed by atoms with van der Waals surface area (Å²) in [4.78, 5) is 6.97. The highest BCUT2D eigenvalue weighted by molar-refractivity contribution is 14.0. The van der Waals surface area contributed by atoms with Gasteiger partial charge in [0.05, 0.1) is 6.61 Å². The van der Waals surface area contributed by atoms with Crippen LogP contribution in [0.5, 0.6) is 5.75 Å². The number of hydrogen-bond acceptors (Lipinski definition) is 3. The summed E-state index contributed by atoms with van der Waals surface area (Å²) in [5, 5.41) is 6.81. The van der Waals surface area contributed by atoms with Gasteiger partial charge in [0.1, 0.15) is 5.75 Å². The average Bonchev–Trinajstić information content (AvgIpc) is 3.11. The minimum atomic E-state index is 0. The summed E-state index contributed by atoms with van der Waals surface area (Å²) >= 11 is 0. The molecule has 0 amide bonds. The van der Waals surface area contributed by atoms with E-state index in [1.807, 2.05) is 0 Å². The number of benzene rings is 1. The van der Waals surface area contributed by atoms with Gasteiger partial charge in [-0.2, -0.15) is 0 Å². The van der Waals surface area contributed by atoms with E-state index in [-0.39, 0.29) is 24.0 Å². The van der Waals surface area contributed by atoms with Crippen LogP contribution < -0.4 is 15.4 Å². The van der Waals surface area contributed by atoms with Crippen molar-refractivity contribution >= 4 is 29.9 Å². The molecule has 0 aromatic heterocycles. The van der Waals surface area contributed by atoms with Gasteiger partial charge in [0.2, 0.25) is 0 Å². The molecule has 28 heavy (non-hydrogen) atoms. The zero-order chi connectivity index (χ0) is 19.3. The molecule has 1 aromatic carbocycles. The van der Waals surface area contributed by atoms with E-state index in [0.29, 0.717) is 0 Å². The molecule has 1 aliphatic rings. The van der Waals surface area contributed by atoms with Crippen molar-refractivity contribution in [1.29, 1.82) is 0 Å². The normalized spacial score (nSPS) is 13.1. The van der Waals surface area contributed by atoms with Gasteiger partial charge in [0.15, 0.2) is 5.96 Å². The summed E-state index contributed by atoms with van der Waals surface area (Å²) in [7, 11) is 4.28. The van der Waals surface area contributed by atoms with Crippen LogP contribution in [0.3, 0.4) is 0 Å². The van der Waals surface area contributed by atoms with Crippen LogP contribution in [-0.2, 0) is 12.8 Å². The molecular formula is C22H39IN4O. The van der Waals surface area contributed by atoms with E-state index in [4.69, 9.17) is 9.73 Å². The molecule has 0 radical (unpaired) electrons. The Hall–Kier alpha value is -1.02. The van der Waals surface area contributed by atoms with Crippen LogP contribution >= 0.6 is 24.0 Å². The molecule has 0 atom stereocenters. The summed E-state index contributed by atoms with van der Waals surface area (Å²) in [5.74, 6) is 2.00. The number of fused-ring (bicyclic) bond motifs is 1. The van der Waals surface area contributed by atoms with Crippen LogP contribution in [0.15, 0.2) is 23.2 Å². The lowest BCUT2D eigenvalue weighted by Crippen LogP contribution is -2.38. The summed E-state index contributed by atoms with van der Waals surface area (Å²) in [5.41, 5.74) is 2.71. The maximum absolute atomic E-state index is 5.58. The molecule has 0 unspecified atom stereocenters. The first kappa shape index (κ1) is 25.0. The van der Waals surface area contributed by atoms with Gasteiger partial charge in [0.25, 0.3) is 0 Å². The highest BCUT2D eigenvalue weighted by Crippen LogP contribution is 2.25. The summed E-state index contributed by atoms with van der Waals surface area (Å²) in [6.07, 6.45) is 8.42. The van der Waals surface area contributed by atoms with Crippen molar-refractivity contribution in [3.63, 3.8) is 0 Å². The number of aliphatic imine (C=N–C) groups is 1. The first-order valence-electron chi connectivity index (χ1n) is 10.6. The van der Waals surface area contributed by atoms with Crippen molar-refractivity contribution in [1.82, 2.24) is 15.5 Å². The lowest BCUT2D eigenvalue weighted by molar-refractivity contribution is 0.357. The molecule has 0 bridgehead atoms. The molecule has 5 nitrogen and oxygen atoms in total. The lowest BCUT2D eigenvalue weighted by atomic mass is 10.1. The minimum absolute atomic E-state index is 0. The molecule has 0 aliphatic carbocycles. The van der Waals surface area contributed by atoms with Gasteiger partial charge >= 0.3 is 0 Å². The van der Waals surface area contributed by atoms with Crippen LogP contribution in [0.1, 0.15) is 50.2 Å². The molecule has 1 heterocycles. The number of ether oxygens (including phenoxy) is 1. The number of rotatable bonds is 12. The van der Waals surface area contributed by atoms with Crippen LogP contribution in [0.4, 0.5) is 0 Å². The van der Waals surface area contributed by atoms with Crippen LogP contribution in [0, 0.1) is 0 Å². The van der Waals surface area contributed by atoms with E-state index < -0.39 is 0 Å². The Morgan fingerprint density at radius 1 is 1.11 bits per heavy atom. The van der Waals surface area contributed by atoms with Gasteiger partial charge in [-0.05, 0) is 64.0 Å². The summed E-state index contributed by atoms with van der Waals surface area (Å²) in [6, 6.07) is 6.56. The molecule has 1 aliphatic heterocycles. The van der Waals surface area contributed by atoms with Gasteiger partial charge in [-0.3, -0.25) is 4.99 Å². The molecule has 1 aromatic rings. The molecule has 0 fully saturated rings. The van der Waals surface area contributed by atoms with Crippen molar-refractivity contribution in [2.45, 2.75) is 51.9 Å². The van der Waals surface area contributed by atoms with Crippen LogP contribution in [-0.4, -0.2) is 57.7 Å². The second kappa shape index (κ2) is 14.9. The lowest BCUT2D eigenvalue weighted by Gasteiger charge is -2.12. The summed E-state index contributed by atoms with van der Waals surface area (Å²) < 4.78 is 5.58. The largest absolute Gasteiger partial charge is 0.493 e. The fraction of sp³-hybridized carbons (Fsp3) is 0.682. The predicted molar refractivity (Wildman–Crippen MR) is 130 cm³/mol. The molecular weight excluding hydrogens is 463 g/mol. The van der Waals surface area contributed by atoms with Gasteiger partial charge in [-0.1, -0.05) is 31.4 Å². The van der Waals surface area contributed by atoms with Crippen molar-refractivity contribution in [3.8, 4) is 5.75 Å². The smallest absolute Gasteiger partial charge is 0.191 e. The summed E-state index contributed by atoms with van der Waals surface area (Å²) in [6.45, 7) is 6.83. The van der Waals surface area contributed by atoms with E-state index in [2.05, 4.69) is 54.8 Å². The Morgan fingerprint density at radius 3 is 2.68 bits per heavy atom. The van der Waals surface area contributed by atoms with E-state index >= 15 is 0 Å². The van der Waals surface area contributed by atoms with E-state index in [0.717, 1.165) is 50.8 Å².